The number of rotatable bonds is 4. The summed E-state index contributed by atoms with van der Waals surface area (Å²) in [5.74, 6) is 0.802. The van der Waals surface area contributed by atoms with Crippen molar-refractivity contribution in [3.63, 3.8) is 0 Å². The number of nitrogens with one attached hydrogen (secondary N) is 2. The maximum Gasteiger partial charge on any atom is 0.259 e. The van der Waals surface area contributed by atoms with E-state index in [0.29, 0.717) is 22.8 Å². The van der Waals surface area contributed by atoms with E-state index >= 15 is 0 Å². The summed E-state index contributed by atoms with van der Waals surface area (Å²) in [6, 6.07) is 14.2. The van der Waals surface area contributed by atoms with Crippen LogP contribution < -0.4 is 10.1 Å². The molecular formula is C15H13N5O2. The van der Waals surface area contributed by atoms with Gasteiger partial charge in [0.15, 0.2) is 0 Å². The Labute approximate surface area is 126 Å². The number of methoxy groups -OCH3 is 1. The lowest BCUT2D eigenvalue weighted by Crippen LogP contribution is -2.13. The Kier molecular flexibility index (Phi) is 3.78. The zero-order valence-corrected chi connectivity index (χ0v) is 11.8. The molecule has 0 bridgehead atoms. The molecule has 0 aliphatic rings. The zero-order chi connectivity index (χ0) is 15.4. The van der Waals surface area contributed by atoms with E-state index in [0.717, 1.165) is 5.56 Å². The van der Waals surface area contributed by atoms with Crippen LogP contribution in [0.2, 0.25) is 0 Å². The third-order valence-corrected chi connectivity index (χ3v) is 3.10. The highest BCUT2D eigenvalue weighted by Gasteiger charge is 2.11. The highest BCUT2D eigenvalue weighted by atomic mass is 16.5. The number of nitrogens with zero attached hydrogens (tertiary/aromatic N) is 3. The minimum Gasteiger partial charge on any atom is -0.496 e. The Morgan fingerprint density at radius 1 is 1.14 bits per heavy atom. The number of ether oxygens (including phenoxy) is 1. The van der Waals surface area contributed by atoms with E-state index in [2.05, 4.69) is 25.9 Å². The van der Waals surface area contributed by atoms with Gasteiger partial charge in [-0.2, -0.15) is 5.21 Å². The number of aromatic amines is 1. The molecule has 0 unspecified atom stereocenters. The van der Waals surface area contributed by atoms with Crippen LogP contribution in [-0.4, -0.2) is 33.6 Å². The van der Waals surface area contributed by atoms with E-state index in [1.807, 2.05) is 18.2 Å². The Bertz CT molecular complexity index is 769. The molecule has 0 atom stereocenters. The molecule has 1 heterocycles. The molecule has 1 amide bonds. The van der Waals surface area contributed by atoms with Crippen LogP contribution in [0.4, 0.5) is 5.69 Å². The van der Waals surface area contributed by atoms with Crippen LogP contribution >= 0.6 is 0 Å². The van der Waals surface area contributed by atoms with Gasteiger partial charge in [-0.1, -0.05) is 12.1 Å². The average Bonchev–Trinajstić information content (AvgIpc) is 3.10. The first-order valence-corrected chi connectivity index (χ1v) is 6.56. The zero-order valence-electron chi connectivity index (χ0n) is 11.8. The fourth-order valence-corrected chi connectivity index (χ4v) is 2.02. The number of hydrogen-bond acceptors (Lipinski definition) is 5. The van der Waals surface area contributed by atoms with E-state index in [-0.39, 0.29) is 5.91 Å². The molecule has 7 nitrogen and oxygen atoms in total. The van der Waals surface area contributed by atoms with Gasteiger partial charge >= 0.3 is 0 Å². The van der Waals surface area contributed by atoms with E-state index in [4.69, 9.17) is 4.74 Å². The number of tetrazole rings is 1. The summed E-state index contributed by atoms with van der Waals surface area (Å²) in [5.41, 5.74) is 1.96. The number of aromatic nitrogens is 4. The number of amides is 1. The van der Waals surface area contributed by atoms with Gasteiger partial charge in [-0.15, -0.1) is 10.2 Å². The van der Waals surface area contributed by atoms with Crippen LogP contribution in [0.1, 0.15) is 10.4 Å². The number of carbonyl (C=O) groups is 1. The Balaban J connectivity index is 1.77. The molecule has 3 rings (SSSR count). The van der Waals surface area contributed by atoms with E-state index in [1.54, 1.807) is 30.3 Å². The summed E-state index contributed by atoms with van der Waals surface area (Å²) in [6.07, 6.45) is 0. The number of para-hydroxylation sites is 1. The maximum atomic E-state index is 12.3. The minimum atomic E-state index is -0.232. The molecule has 0 aliphatic carbocycles. The normalized spacial score (nSPS) is 10.2. The van der Waals surface area contributed by atoms with Crippen molar-refractivity contribution in [3.05, 3.63) is 54.1 Å². The second kappa shape index (κ2) is 6.04. The molecule has 1 aromatic heterocycles. The van der Waals surface area contributed by atoms with E-state index < -0.39 is 0 Å². The first kappa shape index (κ1) is 13.7. The average molecular weight is 295 g/mol. The Hall–Kier alpha value is -3.22. The first-order chi connectivity index (χ1) is 10.8. The van der Waals surface area contributed by atoms with Gasteiger partial charge in [0.05, 0.1) is 12.7 Å². The van der Waals surface area contributed by atoms with Gasteiger partial charge in [0.2, 0.25) is 5.82 Å². The summed E-state index contributed by atoms with van der Waals surface area (Å²) in [7, 11) is 1.53. The van der Waals surface area contributed by atoms with Gasteiger partial charge in [-0.3, -0.25) is 4.79 Å². The lowest BCUT2D eigenvalue weighted by atomic mass is 10.1. The quantitative estimate of drug-likeness (QED) is 0.769. The van der Waals surface area contributed by atoms with Crippen molar-refractivity contribution in [1.82, 2.24) is 20.6 Å². The third kappa shape index (κ3) is 2.78. The number of H-pyrrole nitrogens is 1. The summed E-state index contributed by atoms with van der Waals surface area (Å²) < 4.78 is 5.18. The molecule has 2 aromatic carbocycles. The van der Waals surface area contributed by atoms with Crippen molar-refractivity contribution in [1.29, 1.82) is 0 Å². The van der Waals surface area contributed by atoms with E-state index in [9.17, 15) is 4.79 Å². The van der Waals surface area contributed by atoms with Crippen molar-refractivity contribution in [2.45, 2.75) is 0 Å². The Morgan fingerprint density at radius 3 is 2.59 bits per heavy atom. The Morgan fingerprint density at radius 2 is 1.91 bits per heavy atom. The molecule has 7 heteroatoms. The molecule has 0 saturated heterocycles. The largest absolute Gasteiger partial charge is 0.496 e. The van der Waals surface area contributed by atoms with Crippen molar-refractivity contribution in [2.75, 3.05) is 12.4 Å². The smallest absolute Gasteiger partial charge is 0.259 e. The highest BCUT2D eigenvalue weighted by Crippen LogP contribution is 2.20. The van der Waals surface area contributed by atoms with Gasteiger partial charge in [0.1, 0.15) is 5.75 Å². The number of anilines is 1. The van der Waals surface area contributed by atoms with Gasteiger partial charge in [0, 0.05) is 11.3 Å². The predicted octanol–water partition coefficient (Wildman–Crippen LogP) is 2.13. The summed E-state index contributed by atoms with van der Waals surface area (Å²) in [4.78, 5) is 12.3. The van der Waals surface area contributed by atoms with Crippen LogP contribution in [0, 0.1) is 0 Å². The molecular weight excluding hydrogens is 282 g/mol. The fourth-order valence-electron chi connectivity index (χ4n) is 2.02. The SMILES string of the molecule is COc1ccccc1C(=O)Nc1ccc(-c2nn[nH]n2)cc1. The monoisotopic (exact) mass is 295 g/mol. The first-order valence-electron chi connectivity index (χ1n) is 6.56. The molecule has 2 N–H and O–H groups in total. The van der Waals surface area contributed by atoms with Crippen molar-refractivity contribution in [2.24, 2.45) is 0 Å². The van der Waals surface area contributed by atoms with Crippen molar-refractivity contribution >= 4 is 11.6 Å². The van der Waals surface area contributed by atoms with Crippen LogP contribution in [0.3, 0.4) is 0 Å². The molecule has 3 aromatic rings. The number of carbonyl (C=O) groups excluding carboxylic acids is 1. The van der Waals surface area contributed by atoms with Gasteiger partial charge in [-0.05, 0) is 41.6 Å². The van der Waals surface area contributed by atoms with Gasteiger partial charge < -0.3 is 10.1 Å². The van der Waals surface area contributed by atoms with Crippen LogP contribution in [-0.2, 0) is 0 Å². The molecule has 0 spiro atoms. The number of hydrogen-bond donors (Lipinski definition) is 2. The minimum absolute atomic E-state index is 0.232. The van der Waals surface area contributed by atoms with Crippen LogP contribution in [0.25, 0.3) is 11.4 Å². The molecule has 0 saturated carbocycles. The fraction of sp³-hybridized carbons (Fsp3) is 0.0667. The van der Waals surface area contributed by atoms with E-state index in [1.165, 1.54) is 7.11 Å². The molecule has 110 valence electrons. The second-order valence-corrected chi connectivity index (χ2v) is 4.47. The standard InChI is InChI=1S/C15H13N5O2/c1-22-13-5-3-2-4-12(13)15(21)16-11-8-6-10(7-9-11)14-17-19-20-18-14/h2-9H,1H3,(H,16,21)(H,17,18,19,20). The molecule has 0 aliphatic heterocycles. The number of benzene rings is 2. The predicted molar refractivity (Wildman–Crippen MR) is 80.6 cm³/mol. The summed E-state index contributed by atoms with van der Waals surface area (Å²) >= 11 is 0. The molecule has 22 heavy (non-hydrogen) atoms. The summed E-state index contributed by atoms with van der Waals surface area (Å²) in [6.45, 7) is 0. The summed E-state index contributed by atoms with van der Waals surface area (Å²) in [5, 5.41) is 16.5. The molecule has 0 fully saturated rings. The van der Waals surface area contributed by atoms with Crippen molar-refractivity contribution < 1.29 is 9.53 Å². The van der Waals surface area contributed by atoms with Crippen LogP contribution in [0.5, 0.6) is 5.75 Å². The molecule has 0 radical (unpaired) electrons. The van der Waals surface area contributed by atoms with Gasteiger partial charge in [-0.25, -0.2) is 0 Å². The topological polar surface area (TPSA) is 92.8 Å². The van der Waals surface area contributed by atoms with Gasteiger partial charge in [0.25, 0.3) is 5.91 Å². The lowest BCUT2D eigenvalue weighted by Gasteiger charge is -2.09. The second-order valence-electron chi connectivity index (χ2n) is 4.47. The van der Waals surface area contributed by atoms with Crippen LogP contribution in [0.15, 0.2) is 48.5 Å². The lowest BCUT2D eigenvalue weighted by molar-refractivity contribution is 0.102. The third-order valence-electron chi connectivity index (χ3n) is 3.10. The maximum absolute atomic E-state index is 12.3. The van der Waals surface area contributed by atoms with Crippen molar-refractivity contribution in [3.8, 4) is 17.1 Å². The highest BCUT2D eigenvalue weighted by molar-refractivity contribution is 6.06.